The molecule has 0 unspecified atom stereocenters. The molecule has 2 amide bonds. The van der Waals surface area contributed by atoms with Crippen LogP contribution in [0.3, 0.4) is 0 Å². The molecule has 206 valence electrons. The Morgan fingerprint density at radius 2 is 1.63 bits per heavy atom. The van der Waals surface area contributed by atoms with E-state index in [9.17, 15) is 28.8 Å². The minimum atomic E-state index is -0.841. The topological polar surface area (TPSA) is 124 Å². The average Bonchev–Trinajstić information content (AvgIpc) is 3.36. The Morgan fingerprint density at radius 3 is 2.32 bits per heavy atom. The van der Waals surface area contributed by atoms with Gasteiger partial charge >= 0.3 is 11.9 Å². The van der Waals surface area contributed by atoms with E-state index in [1.54, 1.807) is 13.0 Å². The zero-order valence-corrected chi connectivity index (χ0v) is 22.5. The van der Waals surface area contributed by atoms with Gasteiger partial charge in [0.1, 0.15) is 11.9 Å². The van der Waals surface area contributed by atoms with Crippen molar-refractivity contribution < 1.29 is 38.3 Å². The molecule has 0 spiro atoms. The summed E-state index contributed by atoms with van der Waals surface area (Å²) in [5.41, 5.74) is 0.617. The second-order valence-corrected chi connectivity index (χ2v) is 12.4. The SMILES string of the molecule is CC(=O)[C@@H]1CC[C@@H]2[C@@H]3CCC4=CC(=O)CC[C@]4(C)[C@H]3[C@H](OC(=O)CCC(=O)ON3C(=O)CCC3=O)C[C@@]21C. The summed E-state index contributed by atoms with van der Waals surface area (Å²) in [6, 6.07) is 0. The van der Waals surface area contributed by atoms with Crippen molar-refractivity contribution in [1.82, 2.24) is 5.06 Å². The molecule has 0 aromatic rings. The van der Waals surface area contributed by atoms with E-state index in [0.29, 0.717) is 23.8 Å². The third kappa shape index (κ3) is 4.41. The van der Waals surface area contributed by atoms with Crippen LogP contribution in [0.25, 0.3) is 0 Å². The van der Waals surface area contributed by atoms with E-state index < -0.39 is 29.9 Å². The number of carbonyl (C=O) groups excluding carboxylic acids is 6. The second kappa shape index (κ2) is 9.72. The number of amides is 2. The van der Waals surface area contributed by atoms with Crippen molar-refractivity contribution in [3.8, 4) is 0 Å². The van der Waals surface area contributed by atoms with E-state index in [4.69, 9.17) is 9.57 Å². The summed E-state index contributed by atoms with van der Waals surface area (Å²) in [4.78, 5) is 78.5. The average molecular weight is 528 g/mol. The lowest BCUT2D eigenvalue weighted by Crippen LogP contribution is -2.58. The fourth-order valence-electron chi connectivity index (χ4n) is 8.67. The molecule has 38 heavy (non-hydrogen) atoms. The minimum Gasteiger partial charge on any atom is -0.462 e. The molecule has 0 aromatic heterocycles. The monoisotopic (exact) mass is 527 g/mol. The number of carbonyl (C=O) groups is 6. The van der Waals surface area contributed by atoms with Gasteiger partial charge in [-0.05, 0) is 74.2 Å². The highest BCUT2D eigenvalue weighted by atomic mass is 16.7. The highest BCUT2D eigenvalue weighted by Gasteiger charge is 2.63. The molecule has 0 aromatic carbocycles. The van der Waals surface area contributed by atoms with Crippen LogP contribution in [0.1, 0.15) is 91.4 Å². The van der Waals surface area contributed by atoms with Gasteiger partial charge in [0.2, 0.25) is 0 Å². The molecule has 0 N–H and O–H groups in total. The van der Waals surface area contributed by atoms with Crippen LogP contribution in [0.4, 0.5) is 0 Å². The summed E-state index contributed by atoms with van der Waals surface area (Å²) >= 11 is 0. The Kier molecular flexibility index (Phi) is 6.84. The van der Waals surface area contributed by atoms with Crippen molar-refractivity contribution in [1.29, 1.82) is 0 Å². The van der Waals surface area contributed by atoms with Gasteiger partial charge < -0.3 is 9.57 Å². The van der Waals surface area contributed by atoms with E-state index >= 15 is 0 Å². The highest BCUT2D eigenvalue weighted by Crippen LogP contribution is 2.67. The predicted octanol–water partition coefficient (Wildman–Crippen LogP) is 3.63. The summed E-state index contributed by atoms with van der Waals surface area (Å²) in [6.45, 7) is 6.03. The molecule has 7 atom stereocenters. The van der Waals surface area contributed by atoms with Gasteiger partial charge in [-0.1, -0.05) is 19.4 Å². The van der Waals surface area contributed by atoms with Crippen molar-refractivity contribution in [2.75, 3.05) is 0 Å². The maximum absolute atomic E-state index is 13.1. The molecule has 3 saturated carbocycles. The number of rotatable bonds is 6. The van der Waals surface area contributed by atoms with Crippen LogP contribution in [0, 0.1) is 34.5 Å². The number of ketones is 2. The number of ether oxygens (including phenoxy) is 1. The predicted molar refractivity (Wildman–Crippen MR) is 133 cm³/mol. The van der Waals surface area contributed by atoms with Gasteiger partial charge in [-0.25, -0.2) is 4.79 Å². The van der Waals surface area contributed by atoms with Gasteiger partial charge in [0.15, 0.2) is 5.78 Å². The first kappa shape index (κ1) is 26.8. The number of hydrogen-bond acceptors (Lipinski definition) is 8. The maximum Gasteiger partial charge on any atom is 0.333 e. The van der Waals surface area contributed by atoms with Crippen LogP contribution in [0.15, 0.2) is 11.6 Å². The second-order valence-electron chi connectivity index (χ2n) is 12.4. The fraction of sp³-hybridized carbons (Fsp3) is 0.724. The maximum atomic E-state index is 13.1. The smallest absolute Gasteiger partial charge is 0.333 e. The fourth-order valence-corrected chi connectivity index (χ4v) is 8.67. The Balaban J connectivity index is 1.34. The van der Waals surface area contributed by atoms with Crippen molar-refractivity contribution in [3.63, 3.8) is 0 Å². The van der Waals surface area contributed by atoms with Crippen molar-refractivity contribution in [2.24, 2.45) is 34.5 Å². The first-order valence-corrected chi connectivity index (χ1v) is 13.9. The minimum absolute atomic E-state index is 0.000207. The zero-order valence-electron chi connectivity index (χ0n) is 22.5. The van der Waals surface area contributed by atoms with Crippen molar-refractivity contribution in [2.45, 2.75) is 97.5 Å². The Hall–Kier alpha value is -2.84. The Morgan fingerprint density at radius 1 is 0.947 bits per heavy atom. The molecular weight excluding hydrogens is 490 g/mol. The summed E-state index contributed by atoms with van der Waals surface area (Å²) in [7, 11) is 0. The third-order valence-electron chi connectivity index (χ3n) is 10.4. The van der Waals surface area contributed by atoms with Gasteiger partial charge in [0, 0.05) is 31.1 Å². The van der Waals surface area contributed by atoms with Crippen molar-refractivity contribution >= 4 is 35.3 Å². The number of allylic oxidation sites excluding steroid dienone is 1. The van der Waals surface area contributed by atoms with E-state index in [2.05, 4.69) is 13.8 Å². The van der Waals surface area contributed by atoms with Crippen molar-refractivity contribution in [3.05, 3.63) is 11.6 Å². The number of nitrogens with zero attached hydrogens (tertiary/aromatic N) is 1. The van der Waals surface area contributed by atoms with Gasteiger partial charge in [0.25, 0.3) is 11.8 Å². The molecule has 1 heterocycles. The molecule has 9 heteroatoms. The summed E-state index contributed by atoms with van der Waals surface area (Å²) in [5.74, 6) is -1.59. The molecule has 0 radical (unpaired) electrons. The summed E-state index contributed by atoms with van der Waals surface area (Å²) < 4.78 is 6.15. The molecule has 4 aliphatic carbocycles. The molecule has 1 aliphatic heterocycles. The quantitative estimate of drug-likeness (QED) is 0.379. The first-order valence-electron chi connectivity index (χ1n) is 13.9. The molecular formula is C29H37NO8. The summed E-state index contributed by atoms with van der Waals surface area (Å²) in [6.07, 6.45) is 6.16. The highest BCUT2D eigenvalue weighted by molar-refractivity contribution is 6.01. The number of fused-ring (bicyclic) bond motifs is 5. The largest absolute Gasteiger partial charge is 0.462 e. The van der Waals surface area contributed by atoms with E-state index in [1.807, 2.05) is 0 Å². The molecule has 5 rings (SSSR count). The van der Waals surface area contributed by atoms with Crippen LogP contribution >= 0.6 is 0 Å². The number of imide groups is 1. The van der Waals surface area contributed by atoms with Crippen LogP contribution in [0.5, 0.6) is 0 Å². The van der Waals surface area contributed by atoms with Crippen LogP contribution in [-0.4, -0.2) is 46.5 Å². The Bertz CT molecular complexity index is 1110. The van der Waals surface area contributed by atoms with E-state index in [1.165, 1.54) is 0 Å². The molecule has 9 nitrogen and oxygen atoms in total. The van der Waals surface area contributed by atoms with Crippen LogP contribution in [-0.2, 0) is 38.3 Å². The normalized spacial score (nSPS) is 38.2. The van der Waals surface area contributed by atoms with Gasteiger partial charge in [0.05, 0.1) is 12.8 Å². The lowest BCUT2D eigenvalue weighted by molar-refractivity contribution is -0.198. The third-order valence-corrected chi connectivity index (χ3v) is 10.4. The van der Waals surface area contributed by atoms with Crippen LogP contribution in [0.2, 0.25) is 0 Å². The number of hydroxylamine groups is 2. The van der Waals surface area contributed by atoms with Gasteiger partial charge in [-0.15, -0.1) is 5.06 Å². The molecule has 1 saturated heterocycles. The van der Waals surface area contributed by atoms with Gasteiger partial charge in [-0.3, -0.25) is 24.0 Å². The van der Waals surface area contributed by atoms with E-state index in [-0.39, 0.29) is 65.8 Å². The molecule has 0 bridgehead atoms. The standard InChI is InChI=1S/C29H37NO8/c1-16(31)20-6-7-21-19-5-4-17-14-18(32)12-13-28(17,2)27(19)22(15-29(20,21)3)37-25(35)10-11-26(36)38-30-23(33)8-9-24(30)34/h14,19-22,27H,4-13,15H2,1-3H3/t19-,20-,21+,22+,27+,28-,29+/m0/s1. The molecule has 4 fully saturated rings. The number of hydrogen-bond donors (Lipinski definition) is 0. The van der Waals surface area contributed by atoms with E-state index in [0.717, 1.165) is 37.7 Å². The first-order chi connectivity index (χ1) is 17.9. The summed E-state index contributed by atoms with van der Waals surface area (Å²) in [5, 5.41) is 0.476. The van der Waals surface area contributed by atoms with Crippen LogP contribution < -0.4 is 0 Å². The lowest BCUT2D eigenvalue weighted by Gasteiger charge is -2.60. The zero-order chi connectivity index (χ0) is 27.4. The lowest BCUT2D eigenvalue weighted by atomic mass is 9.46. The Labute approximate surface area is 222 Å². The number of Topliss-reactive ketones (excluding diaryl/α,β-unsaturated/α-hetero) is 1. The number of esters is 1. The molecule has 5 aliphatic rings. The van der Waals surface area contributed by atoms with Gasteiger partial charge in [-0.2, -0.15) is 0 Å².